The largest absolute Gasteiger partial charge is 0.500 e. The molecule has 0 N–H and O–H groups in total. The highest BCUT2D eigenvalue weighted by atomic mass is 28.4. The molecule has 0 unspecified atom stereocenters. The van der Waals surface area contributed by atoms with Crippen LogP contribution in [-0.2, 0) is 13.3 Å². The first-order chi connectivity index (χ1) is 13.7. The summed E-state index contributed by atoms with van der Waals surface area (Å²) >= 11 is 0. The molecule has 2 aromatic carbocycles. The van der Waals surface area contributed by atoms with Crippen LogP contribution < -0.4 is 4.90 Å². The molecule has 0 spiro atoms. The molecule has 2 aromatic rings. The van der Waals surface area contributed by atoms with Crippen molar-refractivity contribution in [2.45, 2.75) is 44.6 Å². The highest BCUT2D eigenvalue weighted by Crippen LogP contribution is 2.25. The molecule has 0 radical (unpaired) electrons. The Labute approximate surface area is 171 Å². The second kappa shape index (κ2) is 12.7. The smallest absolute Gasteiger partial charge is 0.377 e. The fourth-order valence-corrected chi connectivity index (χ4v) is 5.29. The van der Waals surface area contributed by atoms with Gasteiger partial charge >= 0.3 is 8.80 Å². The third kappa shape index (κ3) is 7.06. The van der Waals surface area contributed by atoms with Crippen LogP contribution in [-0.4, -0.2) is 36.7 Å². The van der Waals surface area contributed by atoms with Crippen molar-refractivity contribution in [1.29, 1.82) is 0 Å². The number of nitrogens with zero attached hydrogens (tertiary/aromatic N) is 1. The van der Waals surface area contributed by atoms with Gasteiger partial charge < -0.3 is 18.2 Å². The summed E-state index contributed by atoms with van der Waals surface area (Å²) < 4.78 is 16.4. The molecule has 0 aromatic heterocycles. The number of hydrogen-bond donors (Lipinski definition) is 0. The Morgan fingerprint density at radius 2 is 1.04 bits per heavy atom. The van der Waals surface area contributed by atoms with E-state index in [4.69, 9.17) is 13.3 Å². The minimum atomic E-state index is -2.39. The van der Waals surface area contributed by atoms with Gasteiger partial charge in [0.1, 0.15) is 0 Å². The van der Waals surface area contributed by atoms with Gasteiger partial charge in [-0.25, -0.2) is 0 Å². The fourth-order valence-electron chi connectivity index (χ4n) is 3.50. The van der Waals surface area contributed by atoms with Crippen LogP contribution in [0.5, 0.6) is 0 Å². The van der Waals surface area contributed by atoms with Crippen molar-refractivity contribution >= 4 is 20.2 Å². The van der Waals surface area contributed by atoms with Crippen LogP contribution in [0.4, 0.5) is 11.4 Å². The van der Waals surface area contributed by atoms with E-state index in [9.17, 15) is 0 Å². The van der Waals surface area contributed by atoms with Crippen LogP contribution in [0.25, 0.3) is 0 Å². The zero-order valence-corrected chi connectivity index (χ0v) is 18.6. The lowest BCUT2D eigenvalue weighted by Gasteiger charge is -2.25. The Morgan fingerprint density at radius 1 is 0.607 bits per heavy atom. The number of anilines is 2. The van der Waals surface area contributed by atoms with Crippen molar-refractivity contribution in [3.63, 3.8) is 0 Å². The number of hydrogen-bond acceptors (Lipinski definition) is 4. The summed E-state index contributed by atoms with van der Waals surface area (Å²) in [6.07, 6.45) is 7.25. The normalized spacial score (nSPS) is 11.5. The quantitative estimate of drug-likeness (QED) is 0.285. The van der Waals surface area contributed by atoms with E-state index in [1.807, 2.05) is 0 Å². The van der Waals surface area contributed by atoms with Crippen molar-refractivity contribution in [2.75, 3.05) is 32.8 Å². The molecule has 0 heterocycles. The van der Waals surface area contributed by atoms with Crippen molar-refractivity contribution in [2.24, 2.45) is 0 Å². The standard InChI is InChI=1S/C23H35NO3Si/c1-25-28(26-2,27-3)21-15-7-5-4-6-14-20-24(22-16-10-8-11-17-22)23-18-12-9-13-19-23/h8-13,16-19H,4-7,14-15,20-21H2,1-3H3. The molecule has 2 rings (SSSR count). The average molecular weight is 402 g/mol. The maximum Gasteiger partial charge on any atom is 0.500 e. The van der Waals surface area contributed by atoms with E-state index in [0.29, 0.717) is 0 Å². The van der Waals surface area contributed by atoms with E-state index in [2.05, 4.69) is 65.6 Å². The van der Waals surface area contributed by atoms with Crippen molar-refractivity contribution in [3.8, 4) is 0 Å². The van der Waals surface area contributed by atoms with Crippen LogP contribution in [0.1, 0.15) is 38.5 Å². The molecule has 0 saturated carbocycles. The van der Waals surface area contributed by atoms with Crippen LogP contribution in [0.15, 0.2) is 60.7 Å². The van der Waals surface area contributed by atoms with Gasteiger partial charge in [-0.2, -0.15) is 0 Å². The highest BCUT2D eigenvalue weighted by molar-refractivity contribution is 6.60. The summed E-state index contributed by atoms with van der Waals surface area (Å²) in [4.78, 5) is 2.41. The molecule has 0 fully saturated rings. The zero-order valence-electron chi connectivity index (χ0n) is 17.6. The predicted octanol–water partition coefficient (Wildman–Crippen LogP) is 6.04. The third-order valence-corrected chi connectivity index (χ3v) is 8.02. The van der Waals surface area contributed by atoms with E-state index in [1.165, 1.54) is 43.5 Å². The van der Waals surface area contributed by atoms with Crippen LogP contribution in [0, 0.1) is 0 Å². The zero-order chi connectivity index (χ0) is 20.1. The Balaban J connectivity index is 1.71. The molecule has 0 saturated heterocycles. The maximum atomic E-state index is 5.48. The van der Waals surface area contributed by atoms with Gasteiger partial charge in [-0.3, -0.25) is 0 Å². The van der Waals surface area contributed by atoms with Gasteiger partial charge in [0.15, 0.2) is 0 Å². The Kier molecular flexibility index (Phi) is 10.3. The molecule has 28 heavy (non-hydrogen) atoms. The summed E-state index contributed by atoms with van der Waals surface area (Å²) in [5.41, 5.74) is 2.52. The number of rotatable bonds is 14. The molecule has 4 nitrogen and oxygen atoms in total. The first kappa shape index (κ1) is 22.6. The third-order valence-electron chi connectivity index (χ3n) is 5.18. The topological polar surface area (TPSA) is 30.9 Å². The molecule has 0 atom stereocenters. The lowest BCUT2D eigenvalue weighted by Crippen LogP contribution is -2.42. The Hall–Kier alpha value is -1.66. The second-order valence-electron chi connectivity index (χ2n) is 6.99. The van der Waals surface area contributed by atoms with Gasteiger partial charge in [0.05, 0.1) is 0 Å². The first-order valence-electron chi connectivity index (χ1n) is 10.3. The summed E-state index contributed by atoms with van der Waals surface area (Å²) in [5.74, 6) is 0. The Morgan fingerprint density at radius 3 is 1.50 bits per heavy atom. The van der Waals surface area contributed by atoms with Gasteiger partial charge in [-0.05, 0) is 37.1 Å². The molecule has 0 aliphatic carbocycles. The monoisotopic (exact) mass is 401 g/mol. The molecule has 0 amide bonds. The van der Waals surface area contributed by atoms with Crippen LogP contribution in [0.2, 0.25) is 6.04 Å². The van der Waals surface area contributed by atoms with Gasteiger partial charge in [-0.15, -0.1) is 0 Å². The lowest BCUT2D eigenvalue weighted by atomic mass is 10.1. The summed E-state index contributed by atoms with van der Waals surface area (Å²) in [6, 6.07) is 22.2. The first-order valence-corrected chi connectivity index (χ1v) is 12.2. The van der Waals surface area contributed by atoms with E-state index in [-0.39, 0.29) is 0 Å². The highest BCUT2D eigenvalue weighted by Gasteiger charge is 2.36. The van der Waals surface area contributed by atoms with Crippen molar-refractivity contribution in [3.05, 3.63) is 60.7 Å². The average Bonchev–Trinajstić information content (AvgIpc) is 2.77. The number of para-hydroxylation sites is 2. The predicted molar refractivity (Wildman–Crippen MR) is 119 cm³/mol. The van der Waals surface area contributed by atoms with E-state index in [0.717, 1.165) is 19.0 Å². The molecular weight excluding hydrogens is 366 g/mol. The molecule has 154 valence electrons. The summed E-state index contributed by atoms with van der Waals surface area (Å²) in [6.45, 7) is 1.04. The van der Waals surface area contributed by atoms with Crippen LogP contribution in [0.3, 0.4) is 0 Å². The number of unbranched alkanes of at least 4 members (excludes halogenated alkanes) is 5. The van der Waals surface area contributed by atoms with E-state index in [1.54, 1.807) is 21.3 Å². The van der Waals surface area contributed by atoms with Gasteiger partial charge in [0, 0.05) is 45.3 Å². The maximum absolute atomic E-state index is 5.48. The Bertz CT molecular complexity index is 587. The fraction of sp³-hybridized carbons (Fsp3) is 0.478. The molecule has 0 aliphatic heterocycles. The van der Waals surface area contributed by atoms with Crippen molar-refractivity contribution < 1.29 is 13.3 Å². The molecular formula is C23H35NO3Si. The SMILES string of the molecule is CO[Si](CCCCCCCCN(c1ccccc1)c1ccccc1)(OC)OC. The summed E-state index contributed by atoms with van der Waals surface area (Å²) in [7, 11) is 2.67. The molecule has 0 bridgehead atoms. The molecule has 5 heteroatoms. The van der Waals surface area contributed by atoms with Gasteiger partial charge in [0.2, 0.25) is 0 Å². The lowest BCUT2D eigenvalue weighted by molar-refractivity contribution is 0.122. The van der Waals surface area contributed by atoms with Gasteiger partial charge in [-0.1, -0.05) is 62.1 Å². The van der Waals surface area contributed by atoms with Gasteiger partial charge in [0.25, 0.3) is 0 Å². The van der Waals surface area contributed by atoms with E-state index >= 15 is 0 Å². The summed E-state index contributed by atoms with van der Waals surface area (Å²) in [5, 5.41) is 0. The van der Waals surface area contributed by atoms with Crippen molar-refractivity contribution in [1.82, 2.24) is 0 Å². The molecule has 0 aliphatic rings. The minimum Gasteiger partial charge on any atom is -0.377 e. The minimum absolute atomic E-state index is 0.895. The van der Waals surface area contributed by atoms with Crippen LogP contribution >= 0.6 is 0 Å². The van der Waals surface area contributed by atoms with E-state index < -0.39 is 8.80 Å². The number of benzene rings is 2. The second-order valence-corrected chi connectivity index (χ2v) is 10.1.